The van der Waals surface area contributed by atoms with Crippen molar-refractivity contribution in [1.82, 2.24) is 15.6 Å². The van der Waals surface area contributed by atoms with Gasteiger partial charge in [-0.15, -0.1) is 0 Å². The number of hydrogen-bond acceptors (Lipinski definition) is 4. The minimum atomic E-state index is -0.396. The van der Waals surface area contributed by atoms with Crippen LogP contribution in [0, 0.1) is 5.92 Å². The predicted molar refractivity (Wildman–Crippen MR) is 119 cm³/mol. The van der Waals surface area contributed by atoms with Crippen LogP contribution in [0.25, 0.3) is 0 Å². The molecule has 1 atom stereocenters. The lowest BCUT2D eigenvalue weighted by Gasteiger charge is -2.17. The molecule has 0 aliphatic carbocycles. The van der Waals surface area contributed by atoms with Gasteiger partial charge in [-0.25, -0.2) is 0 Å². The van der Waals surface area contributed by atoms with Crippen LogP contribution < -0.4 is 15.5 Å². The summed E-state index contributed by atoms with van der Waals surface area (Å²) in [5.74, 6) is -0.759. The van der Waals surface area contributed by atoms with E-state index in [0.29, 0.717) is 13.1 Å². The number of rotatable bonds is 10. The Morgan fingerprint density at radius 1 is 1.06 bits per heavy atom. The molecule has 1 unspecified atom stereocenters. The van der Waals surface area contributed by atoms with Gasteiger partial charge in [0.25, 0.3) is 0 Å². The van der Waals surface area contributed by atoms with E-state index < -0.39 is 5.92 Å². The van der Waals surface area contributed by atoms with Crippen LogP contribution in [0.1, 0.15) is 43.7 Å². The van der Waals surface area contributed by atoms with Gasteiger partial charge in [0.05, 0.1) is 5.92 Å². The molecule has 164 valence electrons. The minimum absolute atomic E-state index is 0.0449. The largest absolute Gasteiger partial charge is 0.355 e. The molecule has 3 rings (SSSR count). The molecule has 31 heavy (non-hydrogen) atoms. The number of carbonyl (C=O) groups is 3. The first kappa shape index (κ1) is 22.5. The molecule has 7 nitrogen and oxygen atoms in total. The van der Waals surface area contributed by atoms with Gasteiger partial charge in [-0.2, -0.15) is 0 Å². The summed E-state index contributed by atoms with van der Waals surface area (Å²) < 4.78 is 0. The number of pyridine rings is 1. The van der Waals surface area contributed by atoms with E-state index in [-0.39, 0.29) is 37.1 Å². The number of nitrogens with one attached hydrogen (secondary N) is 2. The lowest BCUT2D eigenvalue weighted by Crippen LogP contribution is -2.35. The number of aryl methyl sites for hydroxylation is 1. The number of unbranched alkanes of at least 4 members (excludes halogenated alkanes) is 1. The molecular formula is C24H30N4O3. The molecule has 1 aliphatic rings. The van der Waals surface area contributed by atoms with E-state index in [9.17, 15) is 14.4 Å². The summed E-state index contributed by atoms with van der Waals surface area (Å²) >= 11 is 0. The Morgan fingerprint density at radius 3 is 2.52 bits per heavy atom. The number of hydrogen-bond donors (Lipinski definition) is 2. The minimum Gasteiger partial charge on any atom is -0.355 e. The molecule has 1 aromatic carbocycles. The zero-order chi connectivity index (χ0) is 22.1. The topological polar surface area (TPSA) is 91.4 Å². The number of aromatic nitrogens is 1. The lowest BCUT2D eigenvalue weighted by molar-refractivity contribution is -0.126. The van der Waals surface area contributed by atoms with E-state index in [1.165, 1.54) is 5.56 Å². The third kappa shape index (κ3) is 6.64. The average Bonchev–Trinajstić information content (AvgIpc) is 3.19. The Bertz CT molecular complexity index is 883. The quantitative estimate of drug-likeness (QED) is 0.616. The molecule has 2 heterocycles. The molecule has 1 saturated heterocycles. The van der Waals surface area contributed by atoms with Crippen LogP contribution in [0.2, 0.25) is 0 Å². The van der Waals surface area contributed by atoms with Gasteiger partial charge in [0.1, 0.15) is 0 Å². The highest BCUT2D eigenvalue weighted by atomic mass is 16.2. The molecule has 0 spiro atoms. The molecule has 2 aromatic rings. The highest BCUT2D eigenvalue weighted by molar-refractivity contribution is 6.00. The second-order valence-corrected chi connectivity index (χ2v) is 7.85. The molecule has 0 bridgehead atoms. The standard InChI is InChI=1S/C24H30N4O3/c1-2-3-4-18-5-7-21(8-6-18)28-17-20(15-23(28)30)24(31)26-14-11-22(29)27-16-19-9-12-25-13-10-19/h5-10,12-13,20H,2-4,11,14-17H2,1H3,(H,26,31)(H,27,29). The monoisotopic (exact) mass is 422 g/mol. The fraction of sp³-hybridized carbons (Fsp3) is 0.417. The van der Waals surface area contributed by atoms with Gasteiger partial charge < -0.3 is 15.5 Å². The molecule has 1 aliphatic heterocycles. The Morgan fingerprint density at radius 2 is 1.81 bits per heavy atom. The second-order valence-electron chi connectivity index (χ2n) is 7.85. The van der Waals surface area contributed by atoms with Crippen LogP contribution in [0.5, 0.6) is 0 Å². The molecule has 2 N–H and O–H groups in total. The number of nitrogens with zero attached hydrogens (tertiary/aromatic N) is 2. The zero-order valence-corrected chi connectivity index (χ0v) is 18.0. The van der Waals surface area contributed by atoms with Crippen LogP contribution in [0.3, 0.4) is 0 Å². The van der Waals surface area contributed by atoms with E-state index in [0.717, 1.165) is 30.5 Å². The number of carbonyl (C=O) groups excluding carboxylic acids is 3. The maximum atomic E-state index is 12.5. The average molecular weight is 423 g/mol. The smallest absolute Gasteiger partial charge is 0.227 e. The maximum Gasteiger partial charge on any atom is 0.227 e. The van der Waals surface area contributed by atoms with E-state index in [1.807, 2.05) is 24.3 Å². The summed E-state index contributed by atoms with van der Waals surface area (Å²) in [7, 11) is 0. The van der Waals surface area contributed by atoms with Gasteiger partial charge in [-0.3, -0.25) is 19.4 Å². The van der Waals surface area contributed by atoms with Crippen LogP contribution in [-0.2, 0) is 27.3 Å². The SMILES string of the molecule is CCCCc1ccc(N2CC(C(=O)NCCC(=O)NCc3ccncc3)CC2=O)cc1. The predicted octanol–water partition coefficient (Wildman–Crippen LogP) is 2.60. The summed E-state index contributed by atoms with van der Waals surface area (Å²) in [6.07, 6.45) is 7.06. The highest BCUT2D eigenvalue weighted by Gasteiger charge is 2.34. The van der Waals surface area contributed by atoms with Crippen LogP contribution in [0.15, 0.2) is 48.8 Å². The van der Waals surface area contributed by atoms with Gasteiger partial charge in [0, 0.05) is 50.6 Å². The van der Waals surface area contributed by atoms with Crippen molar-refractivity contribution in [2.24, 2.45) is 5.92 Å². The van der Waals surface area contributed by atoms with Crippen LogP contribution >= 0.6 is 0 Å². The Labute approximate surface area is 183 Å². The van der Waals surface area contributed by atoms with Crippen molar-refractivity contribution < 1.29 is 14.4 Å². The first-order valence-corrected chi connectivity index (χ1v) is 10.9. The van der Waals surface area contributed by atoms with Gasteiger partial charge in [0.2, 0.25) is 17.7 Å². The first-order valence-electron chi connectivity index (χ1n) is 10.9. The van der Waals surface area contributed by atoms with Crippen molar-refractivity contribution in [2.45, 2.75) is 45.6 Å². The van der Waals surface area contributed by atoms with Crippen molar-refractivity contribution in [3.8, 4) is 0 Å². The van der Waals surface area contributed by atoms with E-state index in [4.69, 9.17) is 0 Å². The summed E-state index contributed by atoms with van der Waals surface area (Å²) in [5, 5.41) is 5.60. The van der Waals surface area contributed by atoms with Gasteiger partial charge in [0.15, 0.2) is 0 Å². The fourth-order valence-electron chi connectivity index (χ4n) is 3.59. The van der Waals surface area contributed by atoms with Crippen LogP contribution in [0.4, 0.5) is 5.69 Å². The maximum absolute atomic E-state index is 12.5. The summed E-state index contributed by atoms with van der Waals surface area (Å²) in [4.78, 5) is 42.5. The van der Waals surface area contributed by atoms with Crippen molar-refractivity contribution in [3.05, 3.63) is 59.9 Å². The van der Waals surface area contributed by atoms with Gasteiger partial charge >= 0.3 is 0 Å². The van der Waals surface area contributed by atoms with Crippen molar-refractivity contribution in [3.63, 3.8) is 0 Å². The summed E-state index contributed by atoms with van der Waals surface area (Å²) in [6, 6.07) is 11.7. The molecule has 3 amide bonds. The Kier molecular flexibility index (Phi) is 8.15. The third-order valence-electron chi connectivity index (χ3n) is 5.45. The van der Waals surface area contributed by atoms with Crippen molar-refractivity contribution >= 4 is 23.4 Å². The van der Waals surface area contributed by atoms with E-state index >= 15 is 0 Å². The molecule has 7 heteroatoms. The van der Waals surface area contributed by atoms with Crippen molar-refractivity contribution in [1.29, 1.82) is 0 Å². The van der Waals surface area contributed by atoms with E-state index in [2.05, 4.69) is 34.7 Å². The second kappa shape index (κ2) is 11.2. The highest BCUT2D eigenvalue weighted by Crippen LogP contribution is 2.25. The van der Waals surface area contributed by atoms with Crippen molar-refractivity contribution in [2.75, 3.05) is 18.0 Å². The lowest BCUT2D eigenvalue weighted by atomic mass is 10.1. The van der Waals surface area contributed by atoms with Gasteiger partial charge in [-0.1, -0.05) is 25.5 Å². The number of amides is 3. The molecule has 1 fully saturated rings. The third-order valence-corrected chi connectivity index (χ3v) is 5.45. The number of benzene rings is 1. The van der Waals surface area contributed by atoms with Gasteiger partial charge in [-0.05, 0) is 48.2 Å². The Hall–Kier alpha value is -3.22. The first-order chi connectivity index (χ1) is 15.1. The fourth-order valence-corrected chi connectivity index (χ4v) is 3.59. The summed E-state index contributed by atoms with van der Waals surface area (Å²) in [5.41, 5.74) is 3.06. The number of anilines is 1. The van der Waals surface area contributed by atoms with E-state index in [1.54, 1.807) is 17.3 Å². The zero-order valence-electron chi connectivity index (χ0n) is 18.0. The molecule has 0 saturated carbocycles. The molecule has 0 radical (unpaired) electrons. The van der Waals surface area contributed by atoms with Crippen LogP contribution in [-0.4, -0.2) is 35.8 Å². The molecule has 1 aromatic heterocycles. The Balaban J connectivity index is 1.41. The summed E-state index contributed by atoms with van der Waals surface area (Å²) in [6.45, 7) is 3.21. The normalized spacial score (nSPS) is 15.7. The molecular weight excluding hydrogens is 392 g/mol.